The number of hydrogen-bond donors (Lipinski definition) is 14. The largest absolute Gasteiger partial charge is 0.444 e. The lowest BCUT2D eigenvalue weighted by Gasteiger charge is -2.27. The van der Waals surface area contributed by atoms with Crippen LogP contribution in [-0.4, -0.2) is 181 Å². The van der Waals surface area contributed by atoms with Crippen LogP contribution in [0.25, 0.3) is 0 Å². The van der Waals surface area contributed by atoms with E-state index in [9.17, 15) is 43.2 Å². The van der Waals surface area contributed by atoms with Gasteiger partial charge in [-0.05, 0) is 260 Å². The number of carbonyl (C=O) groups is 9. The van der Waals surface area contributed by atoms with Crippen LogP contribution in [0.3, 0.4) is 0 Å². The highest BCUT2D eigenvalue weighted by molar-refractivity contribution is 5.96. The monoisotopic (exact) mass is 1340 g/mol. The second-order valence-electron chi connectivity index (χ2n) is 26.0. The molecule has 0 saturated heterocycles. The maximum atomic E-state index is 14.9. The number of rotatable bonds is 64. The highest BCUT2D eigenvalue weighted by Crippen LogP contribution is 2.13. The van der Waals surface area contributed by atoms with Gasteiger partial charge in [0, 0.05) is 45.4 Å². The summed E-state index contributed by atoms with van der Waals surface area (Å²) in [7, 11) is 0. The highest BCUT2D eigenvalue weighted by atomic mass is 16.6. The van der Waals surface area contributed by atoms with Crippen LogP contribution in [0, 0.1) is 0 Å². The molecule has 0 aliphatic rings. The summed E-state index contributed by atoms with van der Waals surface area (Å²) < 4.78 is 5.26. The standard InChI is InChI=1S/C70H138N14O10/c1-10-43-71-48-30-22-35-56(64(88)78-54-28-16-19-40-61(85)76-15-6)81-66(90)58(37-24-32-50-73-45-12-3)83-68(92)60(39-26-34-52-75-47-14-5)84-67(91)59(38-25-33-51-74-46-13-4)82-65(89)57(36-23-31-49-72-44-11-2)80-63(87)42-21-18-27-53-77-62(86)41-20-17-29-55-79-69(93)94-70(7,8)9/h56-60,71-75H,10-55H2,1-9H3,(H,76,85)(H,77,86)(H,78,88)(H,79,93)(H,80,87)(H,81,90)(H,82,89)(H,83,92)(H,84,91). The SMILES string of the molecule is CCCNCCCCC(NC(=O)CCCCCNC(=O)CCCCCNC(=O)OC(C)(C)C)C(=O)NC(CCCCNCCC)C(=O)NC(CCCCNCCC)C(=O)NC(CCCCNCCC)C(=O)NC(CCCCNCCC)C(=O)NCCCCCC(=O)NCC. The summed E-state index contributed by atoms with van der Waals surface area (Å²) in [5.41, 5.74) is -0.562. The van der Waals surface area contributed by atoms with Crippen LogP contribution in [-0.2, 0) is 43.1 Å². The van der Waals surface area contributed by atoms with Crippen molar-refractivity contribution in [1.29, 1.82) is 0 Å². The molecule has 0 heterocycles. The summed E-state index contributed by atoms with van der Waals surface area (Å²) in [6.45, 7) is 27.7. The molecule has 9 amide bonds. The number of alkyl carbamates (subject to hydrolysis) is 1. The molecule has 0 spiro atoms. The first kappa shape index (κ1) is 88.8. The van der Waals surface area contributed by atoms with Gasteiger partial charge in [0.05, 0.1) is 0 Å². The molecule has 0 aromatic rings. The molecular weight excluding hydrogens is 1200 g/mol. The molecule has 14 N–H and O–H groups in total. The third kappa shape index (κ3) is 53.0. The number of nitrogens with one attached hydrogen (secondary N) is 14. The van der Waals surface area contributed by atoms with Crippen molar-refractivity contribution >= 4 is 53.4 Å². The van der Waals surface area contributed by atoms with E-state index in [1.807, 2.05) is 27.7 Å². The van der Waals surface area contributed by atoms with Crippen LogP contribution in [0.15, 0.2) is 0 Å². The predicted octanol–water partition coefficient (Wildman–Crippen LogP) is 6.83. The zero-order valence-corrected chi connectivity index (χ0v) is 60.5. The van der Waals surface area contributed by atoms with Crippen LogP contribution in [0.2, 0.25) is 0 Å². The van der Waals surface area contributed by atoms with Gasteiger partial charge in [0.15, 0.2) is 0 Å². The van der Waals surface area contributed by atoms with Gasteiger partial charge in [-0.3, -0.25) is 38.4 Å². The summed E-state index contributed by atoms with van der Waals surface area (Å²) in [5, 5.41) is 43.7. The van der Waals surface area contributed by atoms with Crippen LogP contribution < -0.4 is 74.4 Å². The lowest BCUT2D eigenvalue weighted by molar-refractivity contribution is -0.135. The Morgan fingerprint density at radius 3 is 0.872 bits per heavy atom. The molecule has 0 aromatic heterocycles. The number of amides is 9. The van der Waals surface area contributed by atoms with E-state index in [1.54, 1.807) is 0 Å². The molecular formula is C70H138N14O10. The molecule has 5 atom stereocenters. The zero-order valence-electron chi connectivity index (χ0n) is 60.5. The first-order valence-electron chi connectivity index (χ1n) is 37.2. The third-order valence-corrected chi connectivity index (χ3v) is 15.7. The fraction of sp³-hybridized carbons (Fsp3) is 0.871. The van der Waals surface area contributed by atoms with E-state index >= 15 is 0 Å². The van der Waals surface area contributed by atoms with E-state index in [0.717, 1.165) is 142 Å². The minimum Gasteiger partial charge on any atom is -0.444 e. The van der Waals surface area contributed by atoms with E-state index < -0.39 is 65.5 Å². The fourth-order valence-corrected chi connectivity index (χ4v) is 10.4. The Balaban J connectivity index is 6.62. The van der Waals surface area contributed by atoms with Gasteiger partial charge in [-0.15, -0.1) is 0 Å². The fourth-order valence-electron chi connectivity index (χ4n) is 10.4. The first-order valence-corrected chi connectivity index (χ1v) is 37.2. The Labute approximate surface area is 568 Å². The lowest BCUT2D eigenvalue weighted by atomic mass is 10.0. The van der Waals surface area contributed by atoms with Gasteiger partial charge in [0.25, 0.3) is 0 Å². The molecule has 5 unspecified atom stereocenters. The van der Waals surface area contributed by atoms with Crippen LogP contribution >= 0.6 is 0 Å². The maximum absolute atomic E-state index is 14.9. The van der Waals surface area contributed by atoms with Crippen LogP contribution in [0.1, 0.15) is 268 Å². The Morgan fingerprint density at radius 2 is 0.553 bits per heavy atom. The van der Waals surface area contributed by atoms with Gasteiger partial charge in [0.1, 0.15) is 35.8 Å². The van der Waals surface area contributed by atoms with Gasteiger partial charge < -0.3 is 79.2 Å². The zero-order chi connectivity index (χ0) is 69.7. The smallest absolute Gasteiger partial charge is 0.407 e. The second kappa shape index (κ2) is 61.4. The number of hydrogen-bond acceptors (Lipinski definition) is 15. The Morgan fingerprint density at radius 1 is 0.277 bits per heavy atom. The summed E-state index contributed by atoms with van der Waals surface area (Å²) in [6.07, 6.45) is 20.1. The van der Waals surface area contributed by atoms with Crippen molar-refractivity contribution in [2.24, 2.45) is 0 Å². The van der Waals surface area contributed by atoms with Crippen LogP contribution in [0.5, 0.6) is 0 Å². The first-order chi connectivity index (χ1) is 45.3. The van der Waals surface area contributed by atoms with Crippen molar-refractivity contribution in [2.75, 3.05) is 91.6 Å². The molecule has 0 rings (SSSR count). The minimum atomic E-state index is -1.07. The molecule has 548 valence electrons. The molecule has 94 heavy (non-hydrogen) atoms. The van der Waals surface area contributed by atoms with Crippen molar-refractivity contribution in [2.45, 2.75) is 304 Å². The summed E-state index contributed by atoms with van der Waals surface area (Å²) in [4.78, 5) is 123. The third-order valence-electron chi connectivity index (χ3n) is 15.7. The summed E-state index contributed by atoms with van der Waals surface area (Å²) >= 11 is 0. The normalized spacial score (nSPS) is 12.9. The molecule has 0 aliphatic heterocycles. The van der Waals surface area contributed by atoms with Crippen molar-refractivity contribution in [3.8, 4) is 0 Å². The number of unbranched alkanes of at least 4 members (excludes halogenated alkanes) is 11. The van der Waals surface area contributed by atoms with E-state index in [2.05, 4.69) is 109 Å². The Kier molecular flexibility index (Phi) is 58.0. The average molecular weight is 1340 g/mol. The molecule has 0 bridgehead atoms. The quantitative estimate of drug-likeness (QED) is 0.0277. The van der Waals surface area contributed by atoms with Gasteiger partial charge in [-0.25, -0.2) is 4.79 Å². The van der Waals surface area contributed by atoms with Crippen molar-refractivity contribution in [3.63, 3.8) is 0 Å². The maximum Gasteiger partial charge on any atom is 0.407 e. The van der Waals surface area contributed by atoms with Gasteiger partial charge in [0.2, 0.25) is 47.3 Å². The van der Waals surface area contributed by atoms with E-state index in [1.165, 1.54) is 0 Å². The topological polar surface area (TPSA) is 331 Å². The van der Waals surface area contributed by atoms with Crippen molar-refractivity contribution < 1.29 is 47.9 Å². The average Bonchev–Trinajstić information content (AvgIpc) is 1.08. The Hall–Kier alpha value is -5.17. The highest BCUT2D eigenvalue weighted by Gasteiger charge is 2.33. The molecule has 0 aromatic carbocycles. The number of ether oxygens (including phenoxy) is 1. The molecule has 0 saturated carbocycles. The Bertz CT molecular complexity index is 1980. The molecule has 0 radical (unpaired) electrons. The summed E-state index contributed by atoms with van der Waals surface area (Å²) in [6, 6.07) is -4.93. The van der Waals surface area contributed by atoms with Crippen LogP contribution in [0.4, 0.5) is 4.79 Å². The predicted molar refractivity (Wildman–Crippen MR) is 379 cm³/mol. The molecule has 0 fully saturated rings. The van der Waals surface area contributed by atoms with E-state index in [-0.39, 0.29) is 42.9 Å². The minimum absolute atomic E-state index is 0.00383. The van der Waals surface area contributed by atoms with E-state index in [0.29, 0.717) is 135 Å². The van der Waals surface area contributed by atoms with Gasteiger partial charge in [-0.1, -0.05) is 53.9 Å². The van der Waals surface area contributed by atoms with Crippen molar-refractivity contribution in [3.05, 3.63) is 0 Å². The second-order valence-corrected chi connectivity index (χ2v) is 26.0. The molecule has 0 aliphatic carbocycles. The summed E-state index contributed by atoms with van der Waals surface area (Å²) in [5.74, 6) is -2.68. The van der Waals surface area contributed by atoms with Gasteiger partial charge in [-0.2, -0.15) is 0 Å². The van der Waals surface area contributed by atoms with Crippen molar-refractivity contribution in [1.82, 2.24) is 74.4 Å². The number of carbonyl (C=O) groups excluding carboxylic acids is 9. The lowest BCUT2D eigenvalue weighted by Crippen LogP contribution is -2.59. The van der Waals surface area contributed by atoms with E-state index in [4.69, 9.17) is 4.74 Å². The van der Waals surface area contributed by atoms with Gasteiger partial charge >= 0.3 is 6.09 Å². The molecule has 24 heteroatoms. The molecule has 24 nitrogen and oxygen atoms in total.